The number of rotatable bonds is 4. The largest absolute Gasteiger partial charge is 0.326 e. The maximum atomic E-state index is 12.0. The third kappa shape index (κ3) is 4.12. The van der Waals surface area contributed by atoms with Gasteiger partial charge in [0.25, 0.3) is 5.91 Å². The van der Waals surface area contributed by atoms with Crippen molar-refractivity contribution in [3.05, 3.63) is 48.0 Å². The van der Waals surface area contributed by atoms with Crippen molar-refractivity contribution in [1.29, 1.82) is 0 Å². The third-order valence-electron chi connectivity index (χ3n) is 2.95. The molecule has 114 valence electrons. The van der Waals surface area contributed by atoms with Crippen LogP contribution in [0.5, 0.6) is 0 Å². The number of aryl methyl sites for hydroxylation is 1. The van der Waals surface area contributed by atoms with Crippen LogP contribution in [0.4, 0.5) is 11.4 Å². The zero-order chi connectivity index (χ0) is 16.1. The van der Waals surface area contributed by atoms with E-state index in [0.29, 0.717) is 11.4 Å². The molecule has 2 aromatic rings. The molecule has 2 N–H and O–H groups in total. The fourth-order valence-electron chi connectivity index (χ4n) is 1.63. The molecule has 2 amide bonds. The smallest absolute Gasteiger partial charge is 0.275 e. The summed E-state index contributed by atoms with van der Waals surface area (Å²) >= 11 is 0. The van der Waals surface area contributed by atoms with E-state index in [-0.39, 0.29) is 23.4 Å². The third-order valence-corrected chi connectivity index (χ3v) is 2.95. The van der Waals surface area contributed by atoms with Crippen molar-refractivity contribution >= 4 is 23.2 Å². The fraction of sp³-hybridized carbons (Fsp3) is 0.250. The predicted molar refractivity (Wildman–Crippen MR) is 84.6 cm³/mol. The summed E-state index contributed by atoms with van der Waals surface area (Å²) in [5, 5.41) is 5.51. The van der Waals surface area contributed by atoms with E-state index in [4.69, 9.17) is 0 Å². The van der Waals surface area contributed by atoms with E-state index in [1.54, 1.807) is 37.4 Å². The first-order chi connectivity index (χ1) is 10.5. The Morgan fingerprint density at radius 3 is 2.05 bits per heavy atom. The molecule has 0 radical (unpaired) electrons. The molecule has 0 aliphatic heterocycles. The summed E-state index contributed by atoms with van der Waals surface area (Å²) in [6.07, 6.45) is 2.97. The lowest BCUT2D eigenvalue weighted by atomic mass is 10.2. The highest BCUT2D eigenvalue weighted by molar-refractivity contribution is 6.02. The van der Waals surface area contributed by atoms with Gasteiger partial charge in [0, 0.05) is 23.5 Å². The van der Waals surface area contributed by atoms with Gasteiger partial charge >= 0.3 is 0 Å². The Kier molecular flexibility index (Phi) is 4.83. The molecule has 0 bridgehead atoms. The van der Waals surface area contributed by atoms with E-state index in [9.17, 15) is 9.59 Å². The Balaban J connectivity index is 2.00. The van der Waals surface area contributed by atoms with Crippen LogP contribution >= 0.6 is 0 Å². The normalized spacial score (nSPS) is 10.4. The Hall–Kier alpha value is -2.76. The number of nitrogens with one attached hydrogen (secondary N) is 2. The van der Waals surface area contributed by atoms with E-state index >= 15 is 0 Å². The van der Waals surface area contributed by atoms with Crippen molar-refractivity contribution in [2.24, 2.45) is 5.92 Å². The second-order valence-corrected chi connectivity index (χ2v) is 5.22. The monoisotopic (exact) mass is 298 g/mol. The van der Waals surface area contributed by atoms with E-state index in [1.807, 2.05) is 13.8 Å². The molecular formula is C16H18N4O2. The molecule has 0 aliphatic carbocycles. The second kappa shape index (κ2) is 6.80. The van der Waals surface area contributed by atoms with E-state index in [1.165, 1.54) is 6.20 Å². The highest BCUT2D eigenvalue weighted by Gasteiger charge is 2.09. The van der Waals surface area contributed by atoms with Gasteiger partial charge in [-0.3, -0.25) is 14.6 Å². The van der Waals surface area contributed by atoms with Crippen LogP contribution < -0.4 is 10.6 Å². The lowest BCUT2D eigenvalue weighted by molar-refractivity contribution is -0.118. The minimum Gasteiger partial charge on any atom is -0.326 e. The quantitative estimate of drug-likeness (QED) is 0.908. The molecule has 0 saturated heterocycles. The molecule has 1 heterocycles. The summed E-state index contributed by atoms with van der Waals surface area (Å²) in [6.45, 7) is 5.46. The van der Waals surface area contributed by atoms with Crippen LogP contribution in [0.15, 0.2) is 36.7 Å². The Labute approximate surface area is 129 Å². The molecule has 1 aromatic carbocycles. The van der Waals surface area contributed by atoms with Crippen molar-refractivity contribution in [2.45, 2.75) is 20.8 Å². The van der Waals surface area contributed by atoms with Crippen LogP contribution in [-0.4, -0.2) is 21.8 Å². The summed E-state index contributed by atoms with van der Waals surface area (Å²) in [4.78, 5) is 31.6. The van der Waals surface area contributed by atoms with Gasteiger partial charge in [-0.2, -0.15) is 0 Å². The lowest BCUT2D eigenvalue weighted by Gasteiger charge is -2.09. The first-order valence-corrected chi connectivity index (χ1v) is 6.96. The van der Waals surface area contributed by atoms with Gasteiger partial charge in [0.1, 0.15) is 5.69 Å². The molecular weight excluding hydrogens is 280 g/mol. The molecule has 0 unspecified atom stereocenters. The van der Waals surface area contributed by atoms with Gasteiger partial charge in [-0.15, -0.1) is 0 Å². The molecule has 6 nitrogen and oxygen atoms in total. The van der Waals surface area contributed by atoms with Crippen molar-refractivity contribution < 1.29 is 9.59 Å². The van der Waals surface area contributed by atoms with Crippen LogP contribution in [0.1, 0.15) is 30.0 Å². The summed E-state index contributed by atoms with van der Waals surface area (Å²) in [6, 6.07) is 6.90. The molecule has 1 aromatic heterocycles. The Bertz CT molecular complexity index is 664. The maximum Gasteiger partial charge on any atom is 0.275 e. The number of carbonyl (C=O) groups is 2. The molecule has 0 spiro atoms. The fourth-order valence-corrected chi connectivity index (χ4v) is 1.63. The van der Waals surface area contributed by atoms with Crippen molar-refractivity contribution in [1.82, 2.24) is 9.97 Å². The Morgan fingerprint density at radius 2 is 1.55 bits per heavy atom. The molecule has 0 aliphatic rings. The first kappa shape index (κ1) is 15.6. The van der Waals surface area contributed by atoms with Gasteiger partial charge in [0.2, 0.25) is 5.91 Å². The van der Waals surface area contributed by atoms with Crippen molar-refractivity contribution in [3.63, 3.8) is 0 Å². The second-order valence-electron chi connectivity index (χ2n) is 5.22. The number of hydrogen-bond donors (Lipinski definition) is 2. The van der Waals surface area contributed by atoms with Crippen LogP contribution in [0, 0.1) is 12.8 Å². The van der Waals surface area contributed by atoms with Crippen LogP contribution in [-0.2, 0) is 4.79 Å². The number of anilines is 2. The number of benzene rings is 1. The minimum absolute atomic E-state index is 0.0493. The van der Waals surface area contributed by atoms with E-state index < -0.39 is 0 Å². The minimum atomic E-state index is -0.327. The molecule has 0 atom stereocenters. The average molecular weight is 298 g/mol. The number of amides is 2. The van der Waals surface area contributed by atoms with Gasteiger partial charge in [-0.25, -0.2) is 4.98 Å². The standard InChI is InChI=1S/C16H18N4O2/c1-10(2)15(21)19-12-4-6-13(7-5-12)20-16(22)14-9-17-11(3)8-18-14/h4-10H,1-3H3,(H,19,21)(H,20,22). The van der Waals surface area contributed by atoms with Gasteiger partial charge in [-0.05, 0) is 31.2 Å². The zero-order valence-electron chi connectivity index (χ0n) is 12.8. The van der Waals surface area contributed by atoms with Crippen LogP contribution in [0.3, 0.4) is 0 Å². The Morgan fingerprint density at radius 1 is 0.955 bits per heavy atom. The van der Waals surface area contributed by atoms with Gasteiger partial charge in [0.15, 0.2) is 0 Å². The molecule has 6 heteroatoms. The zero-order valence-corrected chi connectivity index (χ0v) is 12.8. The van der Waals surface area contributed by atoms with Crippen molar-refractivity contribution in [2.75, 3.05) is 10.6 Å². The molecule has 2 rings (SSSR count). The highest BCUT2D eigenvalue weighted by Crippen LogP contribution is 2.15. The lowest BCUT2D eigenvalue weighted by Crippen LogP contribution is -2.17. The van der Waals surface area contributed by atoms with Gasteiger partial charge in [-0.1, -0.05) is 13.8 Å². The number of carbonyl (C=O) groups excluding carboxylic acids is 2. The van der Waals surface area contributed by atoms with Crippen LogP contribution in [0.25, 0.3) is 0 Å². The summed E-state index contributed by atoms with van der Waals surface area (Å²) in [5.74, 6) is -0.460. The predicted octanol–water partition coefficient (Wildman–Crippen LogP) is 2.63. The van der Waals surface area contributed by atoms with Crippen LogP contribution in [0.2, 0.25) is 0 Å². The van der Waals surface area contributed by atoms with Crippen molar-refractivity contribution in [3.8, 4) is 0 Å². The molecule has 0 saturated carbocycles. The highest BCUT2D eigenvalue weighted by atomic mass is 16.2. The maximum absolute atomic E-state index is 12.0. The molecule has 0 fully saturated rings. The molecule has 22 heavy (non-hydrogen) atoms. The SMILES string of the molecule is Cc1cnc(C(=O)Nc2ccc(NC(=O)C(C)C)cc2)cn1. The average Bonchev–Trinajstić information content (AvgIpc) is 2.49. The van der Waals surface area contributed by atoms with Gasteiger partial charge < -0.3 is 10.6 Å². The number of hydrogen-bond acceptors (Lipinski definition) is 4. The summed E-state index contributed by atoms with van der Waals surface area (Å²) < 4.78 is 0. The van der Waals surface area contributed by atoms with Gasteiger partial charge in [0.05, 0.1) is 11.9 Å². The summed E-state index contributed by atoms with van der Waals surface area (Å²) in [7, 11) is 0. The number of nitrogens with zero attached hydrogens (tertiary/aromatic N) is 2. The van der Waals surface area contributed by atoms with E-state index in [2.05, 4.69) is 20.6 Å². The van der Waals surface area contributed by atoms with E-state index in [0.717, 1.165) is 5.69 Å². The first-order valence-electron chi connectivity index (χ1n) is 6.96. The summed E-state index contributed by atoms with van der Waals surface area (Å²) in [5.41, 5.74) is 2.31. The topological polar surface area (TPSA) is 84.0 Å². The number of aromatic nitrogens is 2.